The van der Waals surface area contributed by atoms with Crippen molar-refractivity contribution >= 4 is 10.0 Å². The van der Waals surface area contributed by atoms with Gasteiger partial charge >= 0.3 is 0 Å². The Morgan fingerprint density at radius 1 is 1.30 bits per heavy atom. The highest BCUT2D eigenvalue weighted by Gasteiger charge is 2.34. The van der Waals surface area contributed by atoms with Crippen LogP contribution in [0.2, 0.25) is 0 Å². The predicted octanol–water partition coefficient (Wildman–Crippen LogP) is 2.15. The van der Waals surface area contributed by atoms with Crippen LogP contribution in [0.15, 0.2) is 30.3 Å². The average Bonchev–Trinajstić information content (AvgIpc) is 2.46. The van der Waals surface area contributed by atoms with Gasteiger partial charge in [0, 0.05) is 19.1 Å². The van der Waals surface area contributed by atoms with E-state index in [0.717, 1.165) is 18.4 Å². The summed E-state index contributed by atoms with van der Waals surface area (Å²) in [6.45, 7) is 5.27. The van der Waals surface area contributed by atoms with Gasteiger partial charge in [0.2, 0.25) is 10.0 Å². The third-order valence-electron chi connectivity index (χ3n) is 3.76. The summed E-state index contributed by atoms with van der Waals surface area (Å²) in [7, 11) is -3.18. The first-order chi connectivity index (χ1) is 9.54. The Morgan fingerprint density at radius 2 is 2.00 bits per heavy atom. The molecule has 0 saturated carbocycles. The summed E-state index contributed by atoms with van der Waals surface area (Å²) in [5.41, 5.74) is 1.06. The Hall–Kier alpha value is -0.910. The van der Waals surface area contributed by atoms with Crippen molar-refractivity contribution in [1.82, 2.24) is 9.62 Å². The lowest BCUT2D eigenvalue weighted by Crippen LogP contribution is -2.53. The maximum absolute atomic E-state index is 12.6. The number of unbranched alkanes of at least 4 members (excludes halogenated alkanes) is 1. The van der Waals surface area contributed by atoms with Gasteiger partial charge in [0.1, 0.15) is 0 Å². The molecule has 1 fully saturated rings. The first-order valence-corrected chi connectivity index (χ1v) is 8.93. The van der Waals surface area contributed by atoms with Crippen LogP contribution in [0.1, 0.15) is 38.3 Å². The summed E-state index contributed by atoms with van der Waals surface area (Å²) in [5.74, 6) is 0.250. The predicted molar refractivity (Wildman–Crippen MR) is 82.0 cm³/mol. The fourth-order valence-electron chi connectivity index (χ4n) is 2.59. The third-order valence-corrected chi connectivity index (χ3v) is 5.68. The molecule has 112 valence electrons. The molecule has 1 saturated heterocycles. The van der Waals surface area contributed by atoms with Crippen molar-refractivity contribution in [2.45, 2.75) is 38.8 Å². The van der Waals surface area contributed by atoms with E-state index in [4.69, 9.17) is 0 Å². The summed E-state index contributed by atoms with van der Waals surface area (Å²) < 4.78 is 26.8. The van der Waals surface area contributed by atoms with E-state index in [-0.39, 0.29) is 17.8 Å². The normalized spacial score (nSPS) is 24.7. The maximum Gasteiger partial charge on any atom is 0.214 e. The monoisotopic (exact) mass is 296 g/mol. The van der Waals surface area contributed by atoms with Crippen LogP contribution in [0.25, 0.3) is 0 Å². The van der Waals surface area contributed by atoms with Crippen molar-refractivity contribution in [2.24, 2.45) is 0 Å². The van der Waals surface area contributed by atoms with Gasteiger partial charge in [-0.15, -0.1) is 0 Å². The summed E-state index contributed by atoms with van der Waals surface area (Å²) >= 11 is 0. The number of hydrogen-bond donors (Lipinski definition) is 1. The standard InChI is InChI=1S/C15H24N2O2S/c1-3-4-10-20(18,19)17-12-13(2)16-11-15(17)14-8-6-5-7-9-14/h5-9,13,15-16H,3-4,10-12H2,1-2H3. The lowest BCUT2D eigenvalue weighted by Gasteiger charge is -2.38. The lowest BCUT2D eigenvalue weighted by atomic mass is 10.0. The first-order valence-electron chi connectivity index (χ1n) is 7.32. The SMILES string of the molecule is CCCCS(=O)(=O)N1CC(C)NCC1c1ccccc1. The largest absolute Gasteiger partial charge is 0.311 e. The zero-order valence-electron chi connectivity index (χ0n) is 12.2. The van der Waals surface area contributed by atoms with Crippen molar-refractivity contribution < 1.29 is 8.42 Å². The highest BCUT2D eigenvalue weighted by atomic mass is 32.2. The van der Waals surface area contributed by atoms with Gasteiger partial charge in [-0.2, -0.15) is 4.31 Å². The van der Waals surface area contributed by atoms with E-state index in [1.54, 1.807) is 4.31 Å². The third kappa shape index (κ3) is 3.59. The van der Waals surface area contributed by atoms with E-state index in [0.29, 0.717) is 13.1 Å². The van der Waals surface area contributed by atoms with Gasteiger partial charge in [-0.3, -0.25) is 0 Å². The highest BCUT2D eigenvalue weighted by molar-refractivity contribution is 7.89. The van der Waals surface area contributed by atoms with Crippen LogP contribution in [-0.2, 0) is 10.0 Å². The molecule has 2 rings (SSSR count). The van der Waals surface area contributed by atoms with E-state index < -0.39 is 10.0 Å². The Kier molecular flexibility index (Phi) is 5.18. The van der Waals surface area contributed by atoms with Crippen molar-refractivity contribution in [1.29, 1.82) is 0 Å². The van der Waals surface area contributed by atoms with Gasteiger partial charge in [-0.05, 0) is 18.9 Å². The zero-order valence-corrected chi connectivity index (χ0v) is 13.1. The quantitative estimate of drug-likeness (QED) is 0.906. The van der Waals surface area contributed by atoms with Crippen LogP contribution in [0.5, 0.6) is 0 Å². The Morgan fingerprint density at radius 3 is 2.65 bits per heavy atom. The molecule has 0 amide bonds. The Labute approximate surface area is 122 Å². The van der Waals surface area contributed by atoms with E-state index in [9.17, 15) is 8.42 Å². The van der Waals surface area contributed by atoms with E-state index in [1.165, 1.54) is 0 Å². The molecule has 2 unspecified atom stereocenters. The molecule has 1 aromatic carbocycles. The van der Waals surface area contributed by atoms with Crippen LogP contribution in [0, 0.1) is 0 Å². The van der Waals surface area contributed by atoms with Crippen LogP contribution >= 0.6 is 0 Å². The van der Waals surface area contributed by atoms with Crippen molar-refractivity contribution in [2.75, 3.05) is 18.8 Å². The molecule has 1 aliphatic rings. The van der Waals surface area contributed by atoms with Gasteiger partial charge < -0.3 is 5.32 Å². The summed E-state index contributed by atoms with van der Waals surface area (Å²) in [4.78, 5) is 0. The minimum absolute atomic E-state index is 0.0887. The van der Waals surface area contributed by atoms with Crippen LogP contribution in [0.3, 0.4) is 0 Å². The molecule has 0 radical (unpaired) electrons. The second kappa shape index (κ2) is 6.70. The number of hydrogen-bond acceptors (Lipinski definition) is 3. The second-order valence-corrected chi connectivity index (χ2v) is 7.52. The molecule has 1 heterocycles. The number of piperazine rings is 1. The minimum Gasteiger partial charge on any atom is -0.311 e. The lowest BCUT2D eigenvalue weighted by molar-refractivity contribution is 0.233. The smallest absolute Gasteiger partial charge is 0.214 e. The van der Waals surface area contributed by atoms with E-state index in [1.807, 2.05) is 44.2 Å². The minimum atomic E-state index is -3.18. The second-order valence-electron chi connectivity index (χ2n) is 5.48. The van der Waals surface area contributed by atoms with Crippen LogP contribution < -0.4 is 5.32 Å². The molecule has 2 atom stereocenters. The van der Waals surface area contributed by atoms with Gasteiger partial charge in [-0.1, -0.05) is 43.7 Å². The summed E-state index contributed by atoms with van der Waals surface area (Å²) in [6, 6.07) is 10.0. The fourth-order valence-corrected chi connectivity index (χ4v) is 4.51. The summed E-state index contributed by atoms with van der Waals surface area (Å²) in [5, 5.41) is 3.38. The molecule has 0 aromatic heterocycles. The average molecular weight is 296 g/mol. The number of sulfonamides is 1. The molecular weight excluding hydrogens is 272 g/mol. The molecule has 1 aromatic rings. The summed E-state index contributed by atoms with van der Waals surface area (Å²) in [6.07, 6.45) is 1.62. The number of nitrogens with one attached hydrogen (secondary N) is 1. The Bertz CT molecular complexity index is 516. The van der Waals surface area contributed by atoms with Crippen LogP contribution in [-0.4, -0.2) is 37.6 Å². The number of rotatable bonds is 5. The van der Waals surface area contributed by atoms with Gasteiger partial charge in [0.25, 0.3) is 0 Å². The molecule has 20 heavy (non-hydrogen) atoms. The molecule has 0 bridgehead atoms. The van der Waals surface area contributed by atoms with Crippen molar-refractivity contribution in [3.8, 4) is 0 Å². The molecule has 0 aliphatic carbocycles. The van der Waals surface area contributed by atoms with Crippen molar-refractivity contribution in [3.63, 3.8) is 0 Å². The van der Waals surface area contributed by atoms with Crippen LogP contribution in [0.4, 0.5) is 0 Å². The van der Waals surface area contributed by atoms with Gasteiger partial charge in [0.05, 0.1) is 11.8 Å². The maximum atomic E-state index is 12.6. The number of benzene rings is 1. The first kappa shape index (κ1) is 15.5. The van der Waals surface area contributed by atoms with Gasteiger partial charge in [0.15, 0.2) is 0 Å². The Balaban J connectivity index is 2.25. The molecular formula is C15H24N2O2S. The van der Waals surface area contributed by atoms with Gasteiger partial charge in [-0.25, -0.2) is 8.42 Å². The highest BCUT2D eigenvalue weighted by Crippen LogP contribution is 2.27. The topological polar surface area (TPSA) is 49.4 Å². The fraction of sp³-hybridized carbons (Fsp3) is 0.600. The molecule has 0 spiro atoms. The van der Waals surface area contributed by atoms with E-state index >= 15 is 0 Å². The molecule has 1 N–H and O–H groups in total. The van der Waals surface area contributed by atoms with Crippen molar-refractivity contribution in [3.05, 3.63) is 35.9 Å². The van der Waals surface area contributed by atoms with E-state index in [2.05, 4.69) is 5.32 Å². The number of nitrogens with zero attached hydrogens (tertiary/aromatic N) is 1. The molecule has 4 nitrogen and oxygen atoms in total. The molecule has 5 heteroatoms. The zero-order chi connectivity index (χ0) is 14.6. The molecule has 1 aliphatic heterocycles.